The first kappa shape index (κ1) is 7.80. The van der Waals surface area contributed by atoms with Crippen LogP contribution in [0.5, 0.6) is 0 Å². The van der Waals surface area contributed by atoms with Crippen molar-refractivity contribution in [3.8, 4) is 0 Å². The summed E-state index contributed by atoms with van der Waals surface area (Å²) >= 11 is 0. The van der Waals surface area contributed by atoms with Crippen LogP contribution in [0.1, 0.15) is 36.6 Å². The lowest BCUT2D eigenvalue weighted by molar-refractivity contribution is 0.288. The van der Waals surface area contributed by atoms with Crippen LogP contribution in [0, 0.1) is 6.92 Å². The maximum absolute atomic E-state index is 5.57. The molecule has 2 rings (SSSR count). The lowest BCUT2D eigenvalue weighted by atomic mass is 9.93. The van der Waals surface area contributed by atoms with Gasteiger partial charge in [0, 0.05) is 18.3 Å². The summed E-state index contributed by atoms with van der Waals surface area (Å²) in [7, 11) is 0. The molecule has 0 spiro atoms. The molecule has 0 unspecified atom stereocenters. The van der Waals surface area contributed by atoms with E-state index in [0.717, 1.165) is 5.69 Å². The van der Waals surface area contributed by atoms with Crippen molar-refractivity contribution < 1.29 is 0 Å². The van der Waals surface area contributed by atoms with Crippen molar-refractivity contribution in [2.75, 3.05) is 0 Å². The van der Waals surface area contributed by atoms with Gasteiger partial charge in [-0.1, -0.05) is 0 Å². The van der Waals surface area contributed by atoms with E-state index in [-0.39, 0.29) is 0 Å². The van der Waals surface area contributed by atoms with Crippen LogP contribution in [0.2, 0.25) is 0 Å². The number of nitrogens with zero attached hydrogens (tertiary/aromatic N) is 2. The van der Waals surface area contributed by atoms with Crippen molar-refractivity contribution in [3.05, 3.63) is 17.5 Å². The lowest BCUT2D eigenvalue weighted by Gasteiger charge is -2.25. The molecule has 1 aliphatic carbocycles. The van der Waals surface area contributed by atoms with Crippen LogP contribution in [0.3, 0.4) is 0 Å². The zero-order valence-corrected chi connectivity index (χ0v) is 7.45. The normalized spacial score (nSPS) is 17.8. The summed E-state index contributed by atoms with van der Waals surface area (Å²) in [5, 5.41) is 4.44. The van der Waals surface area contributed by atoms with Crippen molar-refractivity contribution in [2.24, 2.45) is 5.73 Å². The number of aromatic nitrogens is 2. The van der Waals surface area contributed by atoms with Gasteiger partial charge in [-0.05, 0) is 26.2 Å². The van der Waals surface area contributed by atoms with Gasteiger partial charge >= 0.3 is 0 Å². The summed E-state index contributed by atoms with van der Waals surface area (Å²) in [5.74, 6) is 0. The van der Waals surface area contributed by atoms with Crippen molar-refractivity contribution in [3.63, 3.8) is 0 Å². The molecule has 0 bridgehead atoms. The lowest BCUT2D eigenvalue weighted by Crippen LogP contribution is -2.17. The molecule has 1 aliphatic rings. The fourth-order valence-electron chi connectivity index (χ4n) is 1.56. The molecule has 1 aromatic heterocycles. The summed E-state index contributed by atoms with van der Waals surface area (Å²) < 4.78 is 2.08. The van der Waals surface area contributed by atoms with Gasteiger partial charge in [0.05, 0.1) is 11.7 Å². The van der Waals surface area contributed by atoms with Gasteiger partial charge in [0.25, 0.3) is 0 Å². The zero-order valence-electron chi connectivity index (χ0n) is 7.45. The summed E-state index contributed by atoms with van der Waals surface area (Å²) in [5.41, 5.74) is 7.84. The number of rotatable bonds is 2. The van der Waals surface area contributed by atoms with E-state index in [1.165, 1.54) is 24.8 Å². The van der Waals surface area contributed by atoms with Gasteiger partial charge in [-0.3, -0.25) is 4.68 Å². The third-order valence-corrected chi connectivity index (χ3v) is 2.69. The summed E-state index contributed by atoms with van der Waals surface area (Å²) in [6.45, 7) is 2.63. The molecule has 1 aromatic rings. The Morgan fingerprint density at radius 1 is 1.67 bits per heavy atom. The van der Waals surface area contributed by atoms with Crippen LogP contribution in [-0.2, 0) is 6.54 Å². The van der Waals surface area contributed by atoms with E-state index in [0.29, 0.717) is 12.6 Å². The molecule has 1 heterocycles. The Morgan fingerprint density at radius 2 is 2.42 bits per heavy atom. The highest BCUT2D eigenvalue weighted by Crippen LogP contribution is 2.31. The van der Waals surface area contributed by atoms with E-state index < -0.39 is 0 Å². The molecule has 12 heavy (non-hydrogen) atoms. The third-order valence-electron chi connectivity index (χ3n) is 2.69. The Balaban J connectivity index is 2.21. The van der Waals surface area contributed by atoms with E-state index >= 15 is 0 Å². The first-order valence-corrected chi connectivity index (χ1v) is 4.56. The van der Waals surface area contributed by atoms with Crippen LogP contribution >= 0.6 is 0 Å². The second-order valence-corrected chi connectivity index (χ2v) is 3.51. The van der Waals surface area contributed by atoms with Crippen LogP contribution in [-0.4, -0.2) is 9.78 Å². The molecule has 0 amide bonds. The molecule has 2 N–H and O–H groups in total. The Labute approximate surface area is 72.6 Å². The van der Waals surface area contributed by atoms with E-state index in [1.54, 1.807) is 0 Å². The summed E-state index contributed by atoms with van der Waals surface area (Å²) in [6, 6.07) is 0.656. The summed E-state index contributed by atoms with van der Waals surface area (Å²) in [6.07, 6.45) is 6.01. The average Bonchev–Trinajstić information content (AvgIpc) is 2.27. The van der Waals surface area contributed by atoms with Crippen LogP contribution in [0.4, 0.5) is 0 Å². The van der Waals surface area contributed by atoms with Gasteiger partial charge in [-0.2, -0.15) is 5.10 Å². The molecule has 3 nitrogen and oxygen atoms in total. The minimum Gasteiger partial charge on any atom is -0.326 e. The maximum Gasteiger partial charge on any atom is 0.0638 e. The van der Waals surface area contributed by atoms with E-state index in [4.69, 9.17) is 5.73 Å². The molecule has 1 saturated carbocycles. The predicted octanol–water partition coefficient (Wildman–Crippen LogP) is 1.38. The monoisotopic (exact) mass is 165 g/mol. The van der Waals surface area contributed by atoms with Gasteiger partial charge < -0.3 is 5.73 Å². The summed E-state index contributed by atoms with van der Waals surface area (Å²) in [4.78, 5) is 0. The highest BCUT2D eigenvalue weighted by Gasteiger charge is 2.20. The van der Waals surface area contributed by atoms with Gasteiger partial charge in [-0.15, -0.1) is 0 Å². The Kier molecular flexibility index (Phi) is 1.89. The van der Waals surface area contributed by atoms with Gasteiger partial charge in [-0.25, -0.2) is 0 Å². The fraction of sp³-hybridized carbons (Fsp3) is 0.667. The minimum atomic E-state index is 0.610. The third kappa shape index (κ3) is 1.14. The van der Waals surface area contributed by atoms with Crippen molar-refractivity contribution in [1.82, 2.24) is 9.78 Å². The van der Waals surface area contributed by atoms with Crippen molar-refractivity contribution in [2.45, 2.75) is 38.8 Å². The second kappa shape index (κ2) is 2.90. The number of hydrogen-bond donors (Lipinski definition) is 1. The highest BCUT2D eigenvalue weighted by atomic mass is 15.3. The number of nitrogens with two attached hydrogens (primary N) is 1. The molecule has 0 atom stereocenters. The van der Waals surface area contributed by atoms with Crippen LogP contribution in [0.15, 0.2) is 6.20 Å². The zero-order chi connectivity index (χ0) is 8.55. The molecule has 0 aromatic carbocycles. The first-order chi connectivity index (χ1) is 5.81. The molecule has 0 aliphatic heterocycles. The van der Waals surface area contributed by atoms with Crippen LogP contribution < -0.4 is 5.73 Å². The smallest absolute Gasteiger partial charge is 0.0638 e. The molecular formula is C9H15N3. The largest absolute Gasteiger partial charge is 0.326 e. The van der Waals surface area contributed by atoms with Gasteiger partial charge in [0.15, 0.2) is 0 Å². The Morgan fingerprint density at radius 3 is 2.83 bits per heavy atom. The quantitative estimate of drug-likeness (QED) is 0.719. The number of hydrogen-bond acceptors (Lipinski definition) is 2. The van der Waals surface area contributed by atoms with Gasteiger partial charge in [0.1, 0.15) is 0 Å². The van der Waals surface area contributed by atoms with E-state index in [2.05, 4.69) is 16.0 Å². The van der Waals surface area contributed by atoms with E-state index in [9.17, 15) is 0 Å². The highest BCUT2D eigenvalue weighted by molar-refractivity contribution is 5.15. The standard InChI is InChI=1S/C9H15N3/c1-7-8(5-10)6-12(11-7)9-3-2-4-9/h6,9H,2-5,10H2,1H3. The SMILES string of the molecule is Cc1nn(C2CCC2)cc1CN. The molecule has 3 heteroatoms. The topological polar surface area (TPSA) is 43.8 Å². The molecule has 1 fully saturated rings. The Hall–Kier alpha value is -0.830. The van der Waals surface area contributed by atoms with Crippen molar-refractivity contribution >= 4 is 0 Å². The average molecular weight is 165 g/mol. The van der Waals surface area contributed by atoms with Crippen molar-refractivity contribution in [1.29, 1.82) is 0 Å². The maximum atomic E-state index is 5.57. The molecule has 0 radical (unpaired) electrons. The van der Waals surface area contributed by atoms with Gasteiger partial charge in [0.2, 0.25) is 0 Å². The minimum absolute atomic E-state index is 0.610. The first-order valence-electron chi connectivity index (χ1n) is 4.56. The second-order valence-electron chi connectivity index (χ2n) is 3.51. The molecule has 66 valence electrons. The molecule has 0 saturated heterocycles. The Bertz CT molecular complexity index is 273. The fourth-order valence-corrected chi connectivity index (χ4v) is 1.56. The predicted molar refractivity (Wildman–Crippen MR) is 47.7 cm³/mol. The van der Waals surface area contributed by atoms with Crippen LogP contribution in [0.25, 0.3) is 0 Å². The number of aryl methyl sites for hydroxylation is 1. The molecular weight excluding hydrogens is 150 g/mol. The van der Waals surface area contributed by atoms with E-state index in [1.807, 2.05) is 6.92 Å².